The average Bonchev–Trinajstić information content (AvgIpc) is 1.61. The Kier molecular flexibility index (Phi) is 30.9. The van der Waals surface area contributed by atoms with Crippen molar-refractivity contribution in [3.63, 3.8) is 0 Å². The van der Waals surface area contributed by atoms with Gasteiger partial charge in [0.2, 0.25) is 0 Å². The Balaban J connectivity index is -0.000000125. The molecule has 0 aromatic carbocycles. The van der Waals surface area contributed by atoms with E-state index in [1.54, 1.807) is 0 Å². The van der Waals surface area contributed by atoms with Crippen molar-refractivity contribution in [2.75, 3.05) is 13.2 Å². The zero-order valence-corrected chi connectivity index (χ0v) is 7.81. The number of rotatable bonds is 3. The summed E-state index contributed by atoms with van der Waals surface area (Å²) < 4.78 is 0. The Hall–Kier alpha value is 0.503. The smallest absolute Gasteiger partial charge is 2.00 e. The summed E-state index contributed by atoms with van der Waals surface area (Å²) in [4.78, 5) is 0. The third kappa shape index (κ3) is 16.0. The van der Waals surface area contributed by atoms with Gasteiger partial charge in [0.15, 0.2) is 0 Å². The molecular formula is C4H10O3Zn. The van der Waals surface area contributed by atoms with Gasteiger partial charge < -0.3 is 15.7 Å². The molecular weight excluding hydrogens is 161 g/mol. The fourth-order valence-corrected chi connectivity index (χ4v) is 0.224. The van der Waals surface area contributed by atoms with Gasteiger partial charge in [-0.3, -0.25) is 0 Å². The van der Waals surface area contributed by atoms with E-state index in [1.807, 2.05) is 0 Å². The summed E-state index contributed by atoms with van der Waals surface area (Å²) in [5, 5.41) is 16.2. The molecule has 0 aliphatic heterocycles. The molecule has 4 heteroatoms. The van der Waals surface area contributed by atoms with Gasteiger partial charge in [-0.05, 0) is 12.8 Å². The van der Waals surface area contributed by atoms with E-state index in [2.05, 4.69) is 0 Å². The molecule has 8 heavy (non-hydrogen) atoms. The Morgan fingerprint density at radius 3 is 1.25 bits per heavy atom. The topological polar surface area (TPSA) is 69.0 Å². The van der Waals surface area contributed by atoms with E-state index in [-0.39, 0.29) is 38.2 Å². The fraction of sp³-hybridized carbons (Fsp3) is 1.00. The Morgan fingerprint density at radius 2 is 1.12 bits per heavy atom. The zero-order chi connectivity index (χ0) is 4.83. The number of unbranched alkanes of at least 4 members (excludes halogenated alkanes) is 1. The van der Waals surface area contributed by atoms with Crippen molar-refractivity contribution < 1.29 is 35.2 Å². The van der Waals surface area contributed by atoms with Crippen molar-refractivity contribution in [3.8, 4) is 0 Å². The molecule has 0 aliphatic rings. The van der Waals surface area contributed by atoms with Crippen LogP contribution in [0.5, 0.6) is 0 Å². The maximum Gasteiger partial charge on any atom is 2.00 e. The number of aliphatic hydroxyl groups excluding tert-OH is 2. The average molecular weight is 172 g/mol. The van der Waals surface area contributed by atoms with E-state index in [1.165, 1.54) is 0 Å². The van der Waals surface area contributed by atoms with Gasteiger partial charge in [-0.15, -0.1) is 0 Å². The van der Waals surface area contributed by atoms with Crippen LogP contribution < -0.4 is 0 Å². The third-order valence-corrected chi connectivity index (χ3v) is 0.566. The van der Waals surface area contributed by atoms with Crippen molar-refractivity contribution in [2.24, 2.45) is 0 Å². The Bertz CT molecular complexity index is 23.2. The van der Waals surface area contributed by atoms with Crippen LogP contribution in [0.1, 0.15) is 12.8 Å². The summed E-state index contributed by atoms with van der Waals surface area (Å²) in [6.45, 7) is 0.390. The van der Waals surface area contributed by atoms with Crippen LogP contribution in [-0.2, 0) is 25.0 Å². The molecule has 0 bridgehead atoms. The number of hydrogen-bond donors (Lipinski definition) is 2. The second kappa shape index (κ2) is 15.6. The van der Waals surface area contributed by atoms with Crippen molar-refractivity contribution in [2.45, 2.75) is 12.8 Å². The fourth-order valence-electron chi connectivity index (χ4n) is 0.224. The third-order valence-electron chi connectivity index (χ3n) is 0.566. The van der Waals surface area contributed by atoms with E-state index in [4.69, 9.17) is 10.2 Å². The summed E-state index contributed by atoms with van der Waals surface area (Å²) >= 11 is 0. The minimum absolute atomic E-state index is 0. The molecule has 0 amide bonds. The molecule has 2 N–H and O–H groups in total. The summed E-state index contributed by atoms with van der Waals surface area (Å²) in [5.41, 5.74) is 0. The molecule has 0 aliphatic carbocycles. The molecule has 0 aromatic rings. The quantitative estimate of drug-likeness (QED) is 0.449. The van der Waals surface area contributed by atoms with E-state index in [9.17, 15) is 0 Å². The first-order valence-corrected chi connectivity index (χ1v) is 2.13. The summed E-state index contributed by atoms with van der Waals surface area (Å²) in [6, 6.07) is 0. The summed E-state index contributed by atoms with van der Waals surface area (Å²) in [7, 11) is 0. The molecule has 0 radical (unpaired) electrons. The van der Waals surface area contributed by atoms with Gasteiger partial charge in [0.1, 0.15) is 0 Å². The van der Waals surface area contributed by atoms with Crippen molar-refractivity contribution >= 4 is 0 Å². The van der Waals surface area contributed by atoms with Crippen LogP contribution in [0.15, 0.2) is 0 Å². The zero-order valence-electron chi connectivity index (χ0n) is 4.84. The van der Waals surface area contributed by atoms with Crippen LogP contribution in [0.4, 0.5) is 0 Å². The van der Waals surface area contributed by atoms with Gasteiger partial charge in [-0.25, -0.2) is 0 Å². The molecule has 0 saturated carbocycles. The van der Waals surface area contributed by atoms with Crippen molar-refractivity contribution in [1.29, 1.82) is 0 Å². The van der Waals surface area contributed by atoms with Gasteiger partial charge in [0.25, 0.3) is 0 Å². The number of hydrogen-bond acceptors (Lipinski definition) is 2. The van der Waals surface area contributed by atoms with Gasteiger partial charge in [0.05, 0.1) is 0 Å². The maximum atomic E-state index is 8.09. The van der Waals surface area contributed by atoms with Crippen LogP contribution in [0.25, 0.3) is 0 Å². The molecule has 0 aromatic heterocycles. The summed E-state index contributed by atoms with van der Waals surface area (Å²) in [5.74, 6) is 0. The molecule has 0 heterocycles. The molecule has 0 fully saturated rings. The minimum Gasteiger partial charge on any atom is -2.00 e. The van der Waals surface area contributed by atoms with E-state index in [0.717, 1.165) is 12.8 Å². The van der Waals surface area contributed by atoms with Gasteiger partial charge >= 0.3 is 19.5 Å². The first kappa shape index (κ1) is 15.8. The maximum absolute atomic E-state index is 8.09. The predicted octanol–water partition coefficient (Wildman–Crippen LogP) is -0.370. The van der Waals surface area contributed by atoms with Crippen LogP contribution in [0.2, 0.25) is 0 Å². The Labute approximate surface area is 61.8 Å². The first-order valence-electron chi connectivity index (χ1n) is 2.13. The van der Waals surface area contributed by atoms with Crippen LogP contribution in [-0.4, -0.2) is 23.4 Å². The van der Waals surface area contributed by atoms with Gasteiger partial charge in [-0.1, -0.05) is 0 Å². The second-order valence-corrected chi connectivity index (χ2v) is 1.15. The largest absolute Gasteiger partial charge is 2.00 e. The van der Waals surface area contributed by atoms with E-state index in [0.29, 0.717) is 0 Å². The molecule has 0 saturated heterocycles. The Morgan fingerprint density at radius 1 is 0.875 bits per heavy atom. The summed E-state index contributed by atoms with van der Waals surface area (Å²) in [6.07, 6.45) is 1.44. The monoisotopic (exact) mass is 170 g/mol. The molecule has 3 nitrogen and oxygen atoms in total. The molecule has 0 atom stereocenters. The molecule has 0 rings (SSSR count). The second-order valence-electron chi connectivity index (χ2n) is 1.15. The van der Waals surface area contributed by atoms with Crippen LogP contribution in [0, 0.1) is 0 Å². The van der Waals surface area contributed by atoms with Crippen molar-refractivity contribution in [3.05, 3.63) is 0 Å². The van der Waals surface area contributed by atoms with E-state index >= 15 is 0 Å². The van der Waals surface area contributed by atoms with Crippen molar-refractivity contribution in [1.82, 2.24) is 0 Å². The normalized spacial score (nSPS) is 6.75. The molecule has 0 unspecified atom stereocenters. The minimum atomic E-state index is 0. The van der Waals surface area contributed by atoms with Gasteiger partial charge in [0, 0.05) is 13.2 Å². The number of aliphatic hydroxyl groups is 2. The predicted molar refractivity (Wildman–Crippen MR) is 24.1 cm³/mol. The van der Waals surface area contributed by atoms with Crippen LogP contribution >= 0.6 is 0 Å². The standard InChI is InChI=1S/C4H10O2.O.Zn/c5-3-1-2-4-6;;/h5-6H,1-4H2;;/q;-2;+2. The van der Waals surface area contributed by atoms with Gasteiger partial charge in [-0.2, -0.15) is 0 Å². The van der Waals surface area contributed by atoms with Crippen LogP contribution in [0.3, 0.4) is 0 Å². The first-order chi connectivity index (χ1) is 2.91. The van der Waals surface area contributed by atoms with E-state index < -0.39 is 0 Å². The molecule has 0 spiro atoms. The SMILES string of the molecule is OCCCCO.[O-2].[Zn+2]. The molecule has 46 valence electrons.